The second-order valence-electron chi connectivity index (χ2n) is 6.58. The Labute approximate surface area is 155 Å². The molecule has 2 heteroatoms. The maximum atomic E-state index is 10.7. The van der Waals surface area contributed by atoms with Gasteiger partial charge in [-0.3, -0.25) is 0 Å². The predicted molar refractivity (Wildman–Crippen MR) is 113 cm³/mol. The molecule has 0 fully saturated rings. The van der Waals surface area contributed by atoms with Crippen LogP contribution < -0.4 is 5.63 Å². The lowest BCUT2D eigenvalue weighted by Crippen LogP contribution is -1.93. The number of hydrogen-bond donors (Lipinski definition) is 0. The Bertz CT molecular complexity index is 1310. The second kappa shape index (κ2) is 6.26. The summed E-state index contributed by atoms with van der Waals surface area (Å²) in [5.41, 5.74) is 0.337. The van der Waals surface area contributed by atoms with Crippen molar-refractivity contribution in [1.29, 1.82) is 0 Å². The van der Waals surface area contributed by atoms with E-state index >= 15 is 0 Å². The van der Waals surface area contributed by atoms with Crippen molar-refractivity contribution in [2.24, 2.45) is 0 Å². The molecule has 0 atom stereocenters. The van der Waals surface area contributed by atoms with Crippen molar-refractivity contribution in [3.8, 4) is 0 Å². The molecule has 0 spiro atoms. The molecule has 0 N–H and O–H groups in total. The van der Waals surface area contributed by atoms with E-state index in [1.807, 2.05) is 18.2 Å². The maximum absolute atomic E-state index is 10.7. The second-order valence-corrected chi connectivity index (χ2v) is 6.58. The lowest BCUT2D eigenvalue weighted by Gasteiger charge is -2.09. The summed E-state index contributed by atoms with van der Waals surface area (Å²) in [4.78, 5) is 10.7. The third-order valence-electron chi connectivity index (χ3n) is 4.92. The standard InChI is InChI=1S/C16H10.C9H6O2/c1-3-11-7-9-13-5-2-6-14-10-8-12(4-1)15(11)16(13)14;10-9-6-5-7-3-1-2-4-8(7)11-9/h1-10H;1-6H. The first-order valence-electron chi connectivity index (χ1n) is 8.91. The zero-order valence-electron chi connectivity index (χ0n) is 14.6. The summed E-state index contributed by atoms with van der Waals surface area (Å²) >= 11 is 0. The minimum absolute atomic E-state index is 0.302. The molecule has 1 heterocycles. The predicted octanol–water partition coefficient (Wildman–Crippen LogP) is 6.38. The summed E-state index contributed by atoms with van der Waals surface area (Å²) in [5.74, 6) is 0. The molecular weight excluding hydrogens is 332 g/mol. The van der Waals surface area contributed by atoms with Crippen LogP contribution in [-0.2, 0) is 0 Å². The molecule has 6 rings (SSSR count). The van der Waals surface area contributed by atoms with Crippen molar-refractivity contribution in [3.63, 3.8) is 0 Å². The highest BCUT2D eigenvalue weighted by Crippen LogP contribution is 2.33. The van der Waals surface area contributed by atoms with E-state index in [1.54, 1.807) is 12.1 Å². The first kappa shape index (κ1) is 15.6. The highest BCUT2D eigenvalue weighted by molar-refractivity contribution is 6.22. The zero-order chi connectivity index (χ0) is 18.2. The van der Waals surface area contributed by atoms with Crippen LogP contribution in [0.3, 0.4) is 0 Å². The van der Waals surface area contributed by atoms with Crippen molar-refractivity contribution in [2.75, 3.05) is 0 Å². The SMILES string of the molecule is O=c1ccc2ccccc2o1.c1cc2ccc3cccc4ccc(c1)c2c34. The number of para-hydroxylation sites is 1. The molecule has 5 aromatic carbocycles. The minimum atomic E-state index is -0.302. The number of hydrogen-bond acceptors (Lipinski definition) is 2. The average Bonchev–Trinajstić information content (AvgIpc) is 2.72. The van der Waals surface area contributed by atoms with E-state index in [-0.39, 0.29) is 5.63 Å². The minimum Gasteiger partial charge on any atom is -0.423 e. The van der Waals surface area contributed by atoms with Crippen LogP contribution in [0, 0.1) is 0 Å². The van der Waals surface area contributed by atoms with Crippen LogP contribution in [0.25, 0.3) is 43.3 Å². The van der Waals surface area contributed by atoms with Gasteiger partial charge < -0.3 is 4.42 Å². The normalized spacial score (nSPS) is 11.1. The van der Waals surface area contributed by atoms with Gasteiger partial charge in [0.05, 0.1) is 0 Å². The van der Waals surface area contributed by atoms with Crippen LogP contribution in [-0.4, -0.2) is 0 Å². The van der Waals surface area contributed by atoms with Gasteiger partial charge in [0.25, 0.3) is 0 Å². The largest absolute Gasteiger partial charge is 0.423 e. The van der Waals surface area contributed by atoms with E-state index in [2.05, 4.69) is 60.7 Å². The fourth-order valence-electron chi connectivity index (χ4n) is 3.68. The Kier molecular flexibility index (Phi) is 3.61. The molecule has 0 saturated heterocycles. The molecule has 0 bridgehead atoms. The molecule has 27 heavy (non-hydrogen) atoms. The van der Waals surface area contributed by atoms with Gasteiger partial charge in [-0.25, -0.2) is 4.79 Å². The Hall–Kier alpha value is -3.65. The van der Waals surface area contributed by atoms with Crippen LogP contribution >= 0.6 is 0 Å². The third-order valence-corrected chi connectivity index (χ3v) is 4.92. The molecule has 6 aromatic rings. The van der Waals surface area contributed by atoms with E-state index < -0.39 is 0 Å². The van der Waals surface area contributed by atoms with Gasteiger partial charge in [0.2, 0.25) is 0 Å². The first-order valence-corrected chi connectivity index (χ1v) is 8.91. The molecular formula is C25H16O2. The smallest absolute Gasteiger partial charge is 0.336 e. The van der Waals surface area contributed by atoms with Crippen molar-refractivity contribution < 1.29 is 4.42 Å². The maximum Gasteiger partial charge on any atom is 0.336 e. The van der Waals surface area contributed by atoms with Gasteiger partial charge in [0.1, 0.15) is 5.58 Å². The molecule has 1 aromatic heterocycles. The number of fused-ring (bicyclic) bond motifs is 1. The summed E-state index contributed by atoms with van der Waals surface area (Å²) in [5, 5.41) is 9.09. The topological polar surface area (TPSA) is 30.2 Å². The van der Waals surface area contributed by atoms with E-state index in [0.717, 1.165) is 5.39 Å². The Morgan fingerprint density at radius 2 is 0.889 bits per heavy atom. The number of rotatable bonds is 0. The van der Waals surface area contributed by atoms with Gasteiger partial charge in [0, 0.05) is 11.5 Å². The van der Waals surface area contributed by atoms with Crippen molar-refractivity contribution in [3.05, 3.63) is 107 Å². The van der Waals surface area contributed by atoms with Gasteiger partial charge in [0.15, 0.2) is 0 Å². The van der Waals surface area contributed by atoms with Crippen LogP contribution in [0.4, 0.5) is 0 Å². The summed E-state index contributed by atoms with van der Waals surface area (Å²) in [6, 6.07) is 32.4. The third kappa shape index (κ3) is 2.72. The molecule has 0 saturated carbocycles. The van der Waals surface area contributed by atoms with Crippen molar-refractivity contribution in [1.82, 2.24) is 0 Å². The van der Waals surface area contributed by atoms with Crippen LogP contribution in [0.2, 0.25) is 0 Å². The fourth-order valence-corrected chi connectivity index (χ4v) is 3.68. The summed E-state index contributed by atoms with van der Waals surface area (Å²) in [7, 11) is 0. The monoisotopic (exact) mass is 348 g/mol. The lowest BCUT2D eigenvalue weighted by atomic mass is 9.95. The molecule has 0 radical (unpaired) electrons. The van der Waals surface area contributed by atoms with E-state index in [9.17, 15) is 4.79 Å². The Morgan fingerprint density at radius 1 is 0.444 bits per heavy atom. The summed E-state index contributed by atoms with van der Waals surface area (Å²) in [6.07, 6.45) is 0. The molecule has 2 nitrogen and oxygen atoms in total. The molecule has 0 aliphatic heterocycles. The Morgan fingerprint density at radius 3 is 1.44 bits per heavy atom. The Balaban J connectivity index is 0.000000128. The molecule has 128 valence electrons. The van der Waals surface area contributed by atoms with Crippen molar-refractivity contribution in [2.45, 2.75) is 0 Å². The lowest BCUT2D eigenvalue weighted by molar-refractivity contribution is 0.561. The highest BCUT2D eigenvalue weighted by atomic mass is 16.4. The molecule has 0 aliphatic carbocycles. The van der Waals surface area contributed by atoms with E-state index in [4.69, 9.17) is 4.42 Å². The van der Waals surface area contributed by atoms with Crippen LogP contribution in [0.1, 0.15) is 0 Å². The number of benzene rings is 5. The highest BCUT2D eigenvalue weighted by Gasteiger charge is 2.05. The van der Waals surface area contributed by atoms with E-state index in [0.29, 0.717) is 5.58 Å². The fraction of sp³-hybridized carbons (Fsp3) is 0. The van der Waals surface area contributed by atoms with Crippen LogP contribution in [0.15, 0.2) is 106 Å². The molecule has 0 aliphatic rings. The van der Waals surface area contributed by atoms with Crippen LogP contribution in [0.5, 0.6) is 0 Å². The summed E-state index contributed by atoms with van der Waals surface area (Å²) in [6.45, 7) is 0. The van der Waals surface area contributed by atoms with Gasteiger partial charge in [-0.2, -0.15) is 0 Å². The van der Waals surface area contributed by atoms with Gasteiger partial charge in [-0.05, 0) is 44.5 Å². The zero-order valence-corrected chi connectivity index (χ0v) is 14.6. The molecule has 0 amide bonds. The summed E-state index contributed by atoms with van der Waals surface area (Å²) < 4.78 is 4.91. The first-order chi connectivity index (χ1) is 13.3. The van der Waals surface area contributed by atoms with E-state index in [1.165, 1.54) is 38.4 Å². The average molecular weight is 348 g/mol. The van der Waals surface area contributed by atoms with Gasteiger partial charge in [-0.15, -0.1) is 0 Å². The van der Waals surface area contributed by atoms with Crippen molar-refractivity contribution >= 4 is 43.3 Å². The quantitative estimate of drug-likeness (QED) is 0.236. The van der Waals surface area contributed by atoms with Gasteiger partial charge in [-0.1, -0.05) is 78.9 Å². The molecule has 0 unspecified atom stereocenters. The van der Waals surface area contributed by atoms with Gasteiger partial charge >= 0.3 is 5.63 Å².